The Morgan fingerprint density at radius 3 is 2.59 bits per heavy atom. The Morgan fingerprint density at radius 2 is 2.12 bits per heavy atom. The van der Waals surface area contributed by atoms with Gasteiger partial charge >= 0.3 is 0 Å². The molecule has 17 heavy (non-hydrogen) atoms. The summed E-state index contributed by atoms with van der Waals surface area (Å²) in [4.78, 5) is 9.97. The summed E-state index contributed by atoms with van der Waals surface area (Å²) >= 11 is 0. The van der Waals surface area contributed by atoms with Crippen LogP contribution in [-0.4, -0.2) is 31.7 Å². The zero-order chi connectivity index (χ0) is 13.1. The first kappa shape index (κ1) is 14.9. The summed E-state index contributed by atoms with van der Waals surface area (Å²) in [5.74, 6) is 0.253. The van der Waals surface area contributed by atoms with Crippen LogP contribution in [0, 0.1) is 11.3 Å². The Kier molecular flexibility index (Phi) is 8.07. The molecule has 1 aromatic carbocycles. The summed E-state index contributed by atoms with van der Waals surface area (Å²) in [5.41, 5.74) is 0.292. The molecule has 0 heterocycles. The van der Waals surface area contributed by atoms with E-state index in [4.69, 9.17) is 15.1 Å². The van der Waals surface area contributed by atoms with Crippen molar-refractivity contribution in [2.45, 2.75) is 6.92 Å². The molecule has 0 aliphatic heterocycles. The van der Waals surface area contributed by atoms with Gasteiger partial charge in [0.15, 0.2) is 6.29 Å². The number of aromatic hydroxyl groups is 1. The van der Waals surface area contributed by atoms with Crippen molar-refractivity contribution in [2.75, 3.05) is 20.3 Å². The number of aldehydes is 1. The van der Waals surface area contributed by atoms with Crippen LogP contribution in [0.4, 0.5) is 0 Å². The molecule has 0 bridgehead atoms. The van der Waals surface area contributed by atoms with E-state index in [2.05, 4.69) is 4.74 Å². The second kappa shape index (κ2) is 9.19. The molecule has 92 valence electrons. The minimum atomic E-state index is -0.0890. The molecule has 1 aromatic rings. The molecule has 0 amide bonds. The van der Waals surface area contributed by atoms with Gasteiger partial charge in [-0.05, 0) is 19.1 Å². The molecular formula is C12H15NO4. The number of nitriles is 1. The Balaban J connectivity index is 0.000000557. The van der Waals surface area contributed by atoms with Gasteiger partial charge in [0.1, 0.15) is 18.1 Å². The number of nitrogens with zero attached hydrogens (tertiary/aromatic N) is 1. The third-order valence-electron chi connectivity index (χ3n) is 1.63. The van der Waals surface area contributed by atoms with Crippen LogP contribution in [0.15, 0.2) is 18.2 Å². The van der Waals surface area contributed by atoms with Crippen LogP contribution in [0.25, 0.3) is 0 Å². The van der Waals surface area contributed by atoms with Crippen LogP contribution in [0.2, 0.25) is 0 Å². The number of phenolic OH excluding ortho intramolecular Hbond substituents is 1. The van der Waals surface area contributed by atoms with Crippen LogP contribution in [0.3, 0.4) is 0 Å². The number of hydrogen-bond donors (Lipinski definition) is 1. The van der Waals surface area contributed by atoms with E-state index in [0.29, 0.717) is 17.6 Å². The Hall–Kier alpha value is -2.06. The van der Waals surface area contributed by atoms with Gasteiger partial charge in [0.05, 0.1) is 11.6 Å². The first-order chi connectivity index (χ1) is 8.17. The largest absolute Gasteiger partial charge is 0.508 e. The van der Waals surface area contributed by atoms with E-state index >= 15 is 0 Å². The minimum absolute atomic E-state index is 0.0556. The van der Waals surface area contributed by atoms with E-state index in [9.17, 15) is 4.79 Å². The molecule has 0 atom stereocenters. The number of carbonyl (C=O) groups excluding carboxylic acids is 1. The molecule has 0 spiro atoms. The molecule has 0 saturated carbocycles. The van der Waals surface area contributed by atoms with Gasteiger partial charge in [-0.1, -0.05) is 0 Å². The second-order valence-corrected chi connectivity index (χ2v) is 2.88. The third-order valence-corrected chi connectivity index (χ3v) is 1.63. The van der Waals surface area contributed by atoms with E-state index in [0.717, 1.165) is 6.61 Å². The van der Waals surface area contributed by atoms with Crippen molar-refractivity contribution in [3.8, 4) is 17.6 Å². The maximum atomic E-state index is 9.97. The van der Waals surface area contributed by atoms with Crippen molar-refractivity contribution in [1.29, 1.82) is 5.26 Å². The highest BCUT2D eigenvalue weighted by Crippen LogP contribution is 2.20. The van der Waals surface area contributed by atoms with Crippen molar-refractivity contribution in [2.24, 2.45) is 0 Å². The molecule has 1 rings (SSSR count). The monoisotopic (exact) mass is 237 g/mol. The molecule has 0 unspecified atom stereocenters. The first-order valence-corrected chi connectivity index (χ1v) is 4.97. The average Bonchev–Trinajstić information content (AvgIpc) is 2.36. The molecule has 0 fully saturated rings. The average molecular weight is 237 g/mol. The number of carbonyl (C=O) groups is 1. The van der Waals surface area contributed by atoms with Gasteiger partial charge in [-0.2, -0.15) is 5.26 Å². The van der Waals surface area contributed by atoms with Crippen LogP contribution in [-0.2, 0) is 9.53 Å². The molecule has 0 aliphatic rings. The fraction of sp³-hybridized carbons (Fsp3) is 0.333. The standard InChI is InChI=1S/C9H7NO3.C3H8O/c10-6-7-3-8(12)5-9(4-7)13-2-1-11;1-3-4-2/h1,3-5,12H,2H2;3H2,1-2H3. The highest BCUT2D eigenvalue weighted by atomic mass is 16.5. The molecule has 0 aromatic heterocycles. The zero-order valence-corrected chi connectivity index (χ0v) is 9.84. The Labute approximate surface area is 100 Å². The highest BCUT2D eigenvalue weighted by molar-refractivity contribution is 5.52. The fourth-order valence-electron chi connectivity index (χ4n) is 0.861. The first-order valence-electron chi connectivity index (χ1n) is 4.97. The molecule has 5 heteroatoms. The molecule has 0 radical (unpaired) electrons. The van der Waals surface area contributed by atoms with Crippen molar-refractivity contribution >= 4 is 6.29 Å². The lowest BCUT2D eigenvalue weighted by Crippen LogP contribution is -1.97. The van der Waals surface area contributed by atoms with Gasteiger partial charge in [0.25, 0.3) is 0 Å². The highest BCUT2D eigenvalue weighted by Gasteiger charge is 1.99. The van der Waals surface area contributed by atoms with E-state index in [1.54, 1.807) is 7.11 Å². The number of ether oxygens (including phenoxy) is 2. The van der Waals surface area contributed by atoms with Crippen molar-refractivity contribution in [3.63, 3.8) is 0 Å². The van der Waals surface area contributed by atoms with Gasteiger partial charge in [-0.3, -0.25) is 4.79 Å². The maximum absolute atomic E-state index is 9.97. The molecule has 1 N–H and O–H groups in total. The minimum Gasteiger partial charge on any atom is -0.508 e. The van der Waals surface area contributed by atoms with Gasteiger partial charge < -0.3 is 14.6 Å². The van der Waals surface area contributed by atoms with Gasteiger partial charge in [0.2, 0.25) is 0 Å². The summed E-state index contributed by atoms with van der Waals surface area (Å²) < 4.78 is 9.44. The van der Waals surface area contributed by atoms with Gasteiger partial charge in [-0.15, -0.1) is 0 Å². The predicted molar refractivity (Wildman–Crippen MR) is 61.9 cm³/mol. The van der Waals surface area contributed by atoms with Crippen LogP contribution in [0.5, 0.6) is 11.5 Å². The third kappa shape index (κ3) is 6.93. The predicted octanol–water partition coefficient (Wildman–Crippen LogP) is 1.49. The topological polar surface area (TPSA) is 79.6 Å². The summed E-state index contributed by atoms with van der Waals surface area (Å²) in [5, 5.41) is 17.6. The lowest BCUT2D eigenvalue weighted by Gasteiger charge is -2.02. The summed E-state index contributed by atoms with van der Waals surface area (Å²) in [6.45, 7) is 2.69. The number of benzene rings is 1. The smallest absolute Gasteiger partial charge is 0.157 e. The van der Waals surface area contributed by atoms with Gasteiger partial charge in [-0.25, -0.2) is 0 Å². The summed E-state index contributed by atoms with van der Waals surface area (Å²) in [7, 11) is 1.68. The number of phenols is 1. The van der Waals surface area contributed by atoms with Crippen LogP contribution in [0.1, 0.15) is 12.5 Å². The van der Waals surface area contributed by atoms with Crippen molar-refractivity contribution in [1.82, 2.24) is 0 Å². The lowest BCUT2D eigenvalue weighted by molar-refractivity contribution is -0.109. The SMILES string of the molecule is CCOC.N#Cc1cc(O)cc(OCC=O)c1. The molecule has 5 nitrogen and oxygen atoms in total. The quantitative estimate of drug-likeness (QED) is 0.802. The molecule has 0 aliphatic carbocycles. The molecule has 0 saturated heterocycles. The Morgan fingerprint density at radius 1 is 1.47 bits per heavy atom. The Bertz CT molecular complexity index is 383. The normalized spacial score (nSPS) is 8.53. The van der Waals surface area contributed by atoms with Crippen molar-refractivity contribution in [3.05, 3.63) is 23.8 Å². The number of rotatable bonds is 4. The summed E-state index contributed by atoms with van der Waals surface area (Å²) in [6, 6.07) is 5.95. The van der Waals surface area contributed by atoms with E-state index in [1.165, 1.54) is 18.2 Å². The zero-order valence-electron chi connectivity index (χ0n) is 9.84. The lowest BCUT2D eigenvalue weighted by atomic mass is 10.2. The van der Waals surface area contributed by atoms with E-state index < -0.39 is 0 Å². The second-order valence-electron chi connectivity index (χ2n) is 2.88. The molecular weight excluding hydrogens is 222 g/mol. The maximum Gasteiger partial charge on any atom is 0.157 e. The van der Waals surface area contributed by atoms with Crippen LogP contribution >= 0.6 is 0 Å². The van der Waals surface area contributed by atoms with Crippen LogP contribution < -0.4 is 4.74 Å². The van der Waals surface area contributed by atoms with Gasteiger partial charge in [0, 0.05) is 19.8 Å². The van der Waals surface area contributed by atoms with Crippen molar-refractivity contribution < 1.29 is 19.4 Å². The van der Waals surface area contributed by atoms with E-state index in [1.807, 2.05) is 13.0 Å². The summed E-state index contributed by atoms with van der Waals surface area (Å²) in [6.07, 6.45) is 0.593. The number of methoxy groups -OCH3 is 1. The fourth-order valence-corrected chi connectivity index (χ4v) is 0.861. The number of hydrogen-bond acceptors (Lipinski definition) is 5. The van der Waals surface area contributed by atoms with E-state index in [-0.39, 0.29) is 12.4 Å².